The summed E-state index contributed by atoms with van der Waals surface area (Å²) in [7, 11) is 0. The maximum Gasteiger partial charge on any atom is 0.326 e. The van der Waals surface area contributed by atoms with E-state index in [4.69, 9.17) is 27.1 Å². The van der Waals surface area contributed by atoms with Gasteiger partial charge in [0, 0.05) is 25.1 Å². The van der Waals surface area contributed by atoms with Crippen molar-refractivity contribution in [2.24, 2.45) is 17.4 Å². The monoisotopic (exact) mass is 403 g/mol. The summed E-state index contributed by atoms with van der Waals surface area (Å²) in [6.45, 7) is 3.99. The van der Waals surface area contributed by atoms with Crippen LogP contribution in [0.15, 0.2) is 0 Å². The van der Waals surface area contributed by atoms with E-state index in [1.165, 1.54) is 0 Å². The highest BCUT2D eigenvalue weighted by atomic mass is 16.4. The minimum Gasteiger partial charge on any atom is -0.480 e. The summed E-state index contributed by atoms with van der Waals surface area (Å²) in [4.78, 5) is 42.6. The molecule has 0 rings (SSSR count). The van der Waals surface area contributed by atoms with E-state index in [2.05, 4.69) is 10.6 Å². The lowest BCUT2D eigenvalue weighted by atomic mass is 10.0. The molecule has 0 aliphatic heterocycles. The van der Waals surface area contributed by atoms with Crippen LogP contribution in [0, 0.1) is 11.3 Å². The summed E-state index contributed by atoms with van der Waals surface area (Å²) < 4.78 is 0. The Hall–Kier alpha value is -2.69. The standard InChI is InChI=1S/C11H20N2O3.C6H13N3O3/c1-3-4-5-6-9(14)13-10(11(15)16)8(2)7-12;7-4(5(10)11)2-1-3-9-6(8)12/h7-8,10,12H,3-6H2,1-2H3,(H,13,14)(H,15,16);4H,1-3,7H2,(H,10,11)(H3,8,9,12). The Balaban J connectivity index is 0. The predicted octanol–water partition coefficient (Wildman–Crippen LogP) is 0.269. The van der Waals surface area contributed by atoms with Crippen molar-refractivity contribution >= 4 is 30.1 Å². The first-order chi connectivity index (χ1) is 13.1. The molecular weight excluding hydrogens is 370 g/mol. The lowest BCUT2D eigenvalue weighted by molar-refractivity contribution is -0.142. The number of rotatable bonds is 13. The second kappa shape index (κ2) is 16.5. The number of primary amides is 1. The van der Waals surface area contributed by atoms with E-state index in [1.807, 2.05) is 6.92 Å². The summed E-state index contributed by atoms with van der Waals surface area (Å²) in [6.07, 6.45) is 4.98. The van der Waals surface area contributed by atoms with Gasteiger partial charge in [-0.3, -0.25) is 9.59 Å². The number of nitrogens with one attached hydrogen (secondary N) is 3. The molecule has 28 heavy (non-hydrogen) atoms. The third kappa shape index (κ3) is 15.6. The SMILES string of the molecule is CCCCCC(=O)NC(C(=O)O)C(C)C=N.NC(=O)NCCCC(N)C(=O)O. The van der Waals surface area contributed by atoms with Gasteiger partial charge >= 0.3 is 18.0 Å². The Morgan fingerprint density at radius 2 is 1.71 bits per heavy atom. The van der Waals surface area contributed by atoms with Crippen LogP contribution in [0.3, 0.4) is 0 Å². The van der Waals surface area contributed by atoms with E-state index >= 15 is 0 Å². The largest absolute Gasteiger partial charge is 0.480 e. The number of hydrogen-bond donors (Lipinski definition) is 7. The molecule has 11 nitrogen and oxygen atoms in total. The molecule has 0 saturated carbocycles. The van der Waals surface area contributed by atoms with E-state index in [0.29, 0.717) is 25.8 Å². The summed E-state index contributed by atoms with van der Waals surface area (Å²) >= 11 is 0. The van der Waals surface area contributed by atoms with Crippen molar-refractivity contribution in [2.75, 3.05) is 6.54 Å². The molecule has 0 saturated heterocycles. The van der Waals surface area contributed by atoms with E-state index in [9.17, 15) is 19.2 Å². The highest BCUT2D eigenvalue weighted by Gasteiger charge is 2.24. The third-order valence-corrected chi connectivity index (χ3v) is 3.69. The first-order valence-corrected chi connectivity index (χ1v) is 9.11. The van der Waals surface area contributed by atoms with Crippen molar-refractivity contribution in [1.82, 2.24) is 10.6 Å². The van der Waals surface area contributed by atoms with Gasteiger partial charge in [-0.05, 0) is 19.3 Å². The Bertz CT molecular complexity index is 514. The van der Waals surface area contributed by atoms with Gasteiger partial charge in [-0.25, -0.2) is 9.59 Å². The number of hydrogen-bond acceptors (Lipinski definition) is 6. The Morgan fingerprint density at radius 3 is 2.14 bits per heavy atom. The second-order valence-corrected chi connectivity index (χ2v) is 6.24. The summed E-state index contributed by atoms with van der Waals surface area (Å²) in [5.74, 6) is -2.88. The molecule has 0 aromatic rings. The van der Waals surface area contributed by atoms with E-state index in [-0.39, 0.29) is 5.91 Å². The average Bonchev–Trinajstić information content (AvgIpc) is 2.62. The van der Waals surface area contributed by atoms with Gasteiger partial charge in [0.25, 0.3) is 0 Å². The maximum absolute atomic E-state index is 11.4. The number of carboxylic acid groups (broad SMARTS) is 2. The lowest BCUT2D eigenvalue weighted by Gasteiger charge is -2.17. The Kier molecular flexibility index (Phi) is 16.2. The van der Waals surface area contributed by atoms with Crippen LogP contribution in [0.25, 0.3) is 0 Å². The maximum atomic E-state index is 11.4. The molecule has 0 aliphatic carbocycles. The number of carbonyl (C=O) groups is 4. The minimum atomic E-state index is -1.10. The van der Waals surface area contributed by atoms with Crippen LogP contribution >= 0.6 is 0 Å². The van der Waals surface area contributed by atoms with Crippen LogP contribution in [-0.2, 0) is 14.4 Å². The van der Waals surface area contributed by atoms with E-state index in [1.54, 1.807) is 6.92 Å². The first kappa shape index (κ1) is 27.5. The van der Waals surface area contributed by atoms with Crippen molar-refractivity contribution in [1.29, 1.82) is 5.41 Å². The van der Waals surface area contributed by atoms with E-state index in [0.717, 1.165) is 25.5 Å². The summed E-state index contributed by atoms with van der Waals surface area (Å²) in [6, 6.07) is -2.47. The normalized spacial score (nSPS) is 13.1. The zero-order chi connectivity index (χ0) is 22.1. The number of carboxylic acids is 2. The average molecular weight is 403 g/mol. The molecule has 11 heteroatoms. The fraction of sp³-hybridized carbons (Fsp3) is 0.706. The van der Waals surface area contributed by atoms with Gasteiger partial charge in [0.2, 0.25) is 5.91 Å². The summed E-state index contributed by atoms with van der Waals surface area (Å²) in [5.41, 5.74) is 9.96. The van der Waals surface area contributed by atoms with E-state index < -0.39 is 36.0 Å². The van der Waals surface area contributed by atoms with Gasteiger partial charge in [-0.15, -0.1) is 0 Å². The van der Waals surface area contributed by atoms with Crippen LogP contribution in [0.5, 0.6) is 0 Å². The molecule has 0 spiro atoms. The zero-order valence-electron chi connectivity index (χ0n) is 16.4. The fourth-order valence-electron chi connectivity index (χ4n) is 1.95. The highest BCUT2D eigenvalue weighted by Crippen LogP contribution is 2.03. The fourth-order valence-corrected chi connectivity index (χ4v) is 1.95. The number of nitrogens with two attached hydrogens (primary N) is 2. The van der Waals surface area contributed by atoms with Gasteiger partial charge in [0.05, 0.1) is 0 Å². The number of carbonyl (C=O) groups excluding carboxylic acids is 2. The van der Waals surface area contributed by atoms with Crippen molar-refractivity contribution < 1.29 is 29.4 Å². The third-order valence-electron chi connectivity index (χ3n) is 3.69. The molecule has 162 valence electrons. The van der Waals surface area contributed by atoms with Gasteiger partial charge in [-0.2, -0.15) is 0 Å². The minimum absolute atomic E-state index is 0.255. The number of urea groups is 1. The van der Waals surface area contributed by atoms with Crippen LogP contribution in [-0.4, -0.2) is 58.9 Å². The Labute approximate surface area is 164 Å². The van der Waals surface area contributed by atoms with Crippen molar-refractivity contribution in [3.63, 3.8) is 0 Å². The number of unbranched alkanes of at least 4 members (excludes halogenated alkanes) is 2. The molecule has 0 bridgehead atoms. The van der Waals surface area contributed by atoms with Crippen LogP contribution in [0.2, 0.25) is 0 Å². The van der Waals surface area contributed by atoms with Gasteiger partial charge < -0.3 is 37.7 Å². The zero-order valence-corrected chi connectivity index (χ0v) is 16.4. The number of amides is 3. The first-order valence-electron chi connectivity index (χ1n) is 9.11. The highest BCUT2D eigenvalue weighted by molar-refractivity contribution is 5.86. The van der Waals surface area contributed by atoms with Gasteiger partial charge in [0.1, 0.15) is 12.1 Å². The number of aliphatic carboxylic acids is 2. The van der Waals surface area contributed by atoms with Crippen LogP contribution in [0.4, 0.5) is 4.79 Å². The molecule has 0 aromatic carbocycles. The van der Waals surface area contributed by atoms with Crippen molar-refractivity contribution in [3.8, 4) is 0 Å². The molecule has 0 aliphatic rings. The summed E-state index contributed by atoms with van der Waals surface area (Å²) in [5, 5.41) is 29.0. The Morgan fingerprint density at radius 1 is 1.11 bits per heavy atom. The van der Waals surface area contributed by atoms with Gasteiger partial charge in [0.15, 0.2) is 0 Å². The smallest absolute Gasteiger partial charge is 0.326 e. The molecule has 3 atom stereocenters. The molecule has 3 amide bonds. The molecule has 0 radical (unpaired) electrons. The van der Waals surface area contributed by atoms with Crippen molar-refractivity contribution in [2.45, 2.75) is 64.5 Å². The lowest BCUT2D eigenvalue weighted by Crippen LogP contribution is -2.45. The second-order valence-electron chi connectivity index (χ2n) is 6.24. The topological polar surface area (TPSA) is 209 Å². The quantitative estimate of drug-likeness (QED) is 0.168. The molecular formula is C17H33N5O6. The predicted molar refractivity (Wildman–Crippen MR) is 104 cm³/mol. The molecule has 0 heterocycles. The van der Waals surface area contributed by atoms with Crippen molar-refractivity contribution in [3.05, 3.63) is 0 Å². The molecule has 0 aromatic heterocycles. The van der Waals surface area contributed by atoms with Crippen LogP contribution in [0.1, 0.15) is 52.4 Å². The van der Waals surface area contributed by atoms with Crippen LogP contribution < -0.4 is 22.1 Å². The molecule has 9 N–H and O–H groups in total. The van der Waals surface area contributed by atoms with Gasteiger partial charge in [-0.1, -0.05) is 26.7 Å². The molecule has 3 unspecified atom stereocenters. The molecule has 0 fully saturated rings.